The van der Waals surface area contributed by atoms with Crippen LogP contribution in [0, 0.1) is 17.8 Å². The summed E-state index contributed by atoms with van der Waals surface area (Å²) in [5.74, 6) is -2.21. The summed E-state index contributed by atoms with van der Waals surface area (Å²) in [5, 5.41) is 20.8. The molecule has 242 valence electrons. The highest BCUT2D eigenvalue weighted by Crippen LogP contribution is 2.21. The van der Waals surface area contributed by atoms with Gasteiger partial charge < -0.3 is 25.8 Å². The molecule has 0 bridgehead atoms. The lowest BCUT2D eigenvalue weighted by Gasteiger charge is -2.27. The number of anilines is 1. The summed E-state index contributed by atoms with van der Waals surface area (Å²) < 4.78 is 5.33. The van der Waals surface area contributed by atoms with Crippen LogP contribution in [-0.4, -0.2) is 71.0 Å². The second-order valence-corrected chi connectivity index (χ2v) is 13.2. The van der Waals surface area contributed by atoms with Crippen LogP contribution >= 0.6 is 0 Å². The van der Waals surface area contributed by atoms with Gasteiger partial charge in [0.15, 0.2) is 11.6 Å². The van der Waals surface area contributed by atoms with E-state index in [0.717, 1.165) is 0 Å². The maximum Gasteiger partial charge on any atom is 0.408 e. The van der Waals surface area contributed by atoms with E-state index in [1.807, 2.05) is 41.5 Å². The number of ether oxygens (including phenoxy) is 1. The molecule has 11 heteroatoms. The number of nitrogens with one attached hydrogen (secondary N) is 4. The van der Waals surface area contributed by atoms with E-state index in [0.29, 0.717) is 18.5 Å². The SMILES string of the molecule is CC(C)C[C@H](NC(=O)OC(C)(C)C)C(=O)CN[C@@H](CC(C)C)C(=O)N[C@H](C(=O)c1ccccc1NC(C)C(=O)O)C(C)C. The molecule has 0 aliphatic carbocycles. The van der Waals surface area contributed by atoms with E-state index < -0.39 is 47.7 Å². The third-order valence-electron chi connectivity index (χ3n) is 6.51. The number of para-hydroxylation sites is 1. The monoisotopic (exact) mass is 604 g/mol. The first-order valence-corrected chi connectivity index (χ1v) is 15.0. The van der Waals surface area contributed by atoms with Crippen LogP contribution in [0.2, 0.25) is 0 Å². The second-order valence-electron chi connectivity index (χ2n) is 13.2. The molecule has 0 spiro atoms. The van der Waals surface area contributed by atoms with Gasteiger partial charge in [0.05, 0.1) is 24.7 Å². The summed E-state index contributed by atoms with van der Waals surface area (Å²) in [6.07, 6.45) is 0.119. The standard InChI is InChI=1S/C32H52N4O7/c1-18(2)15-24(35-31(42)43-32(8,9)10)26(37)17-33-25(16-19(3)4)29(39)36-27(20(5)6)28(38)22-13-11-12-14-23(22)34-21(7)30(40)41/h11-14,18-21,24-25,27,33-34H,15-17H2,1-10H3,(H,35,42)(H,36,39)(H,40,41)/t21?,24-,25-,27-/m0/s1. The summed E-state index contributed by atoms with van der Waals surface area (Å²) in [4.78, 5) is 64.2. The van der Waals surface area contributed by atoms with E-state index in [2.05, 4.69) is 21.3 Å². The fraction of sp³-hybridized carbons (Fsp3) is 0.656. The molecule has 0 saturated heterocycles. The molecule has 0 radical (unpaired) electrons. The van der Waals surface area contributed by atoms with Gasteiger partial charge in [-0.25, -0.2) is 4.79 Å². The molecule has 1 aromatic carbocycles. The van der Waals surface area contributed by atoms with Crippen LogP contribution in [0.15, 0.2) is 24.3 Å². The molecule has 0 heterocycles. The van der Waals surface area contributed by atoms with Crippen LogP contribution in [0.25, 0.3) is 0 Å². The zero-order valence-corrected chi connectivity index (χ0v) is 27.4. The molecule has 1 rings (SSSR count). The van der Waals surface area contributed by atoms with Crippen molar-refractivity contribution in [1.29, 1.82) is 0 Å². The molecule has 11 nitrogen and oxygen atoms in total. The van der Waals surface area contributed by atoms with Gasteiger partial charge in [-0.3, -0.25) is 24.5 Å². The Kier molecular flexibility index (Phi) is 14.8. The van der Waals surface area contributed by atoms with Gasteiger partial charge in [-0.05, 0) is 70.4 Å². The number of amides is 2. The largest absolute Gasteiger partial charge is 0.480 e. The smallest absolute Gasteiger partial charge is 0.408 e. The van der Waals surface area contributed by atoms with Gasteiger partial charge in [0, 0.05) is 11.3 Å². The highest BCUT2D eigenvalue weighted by molar-refractivity contribution is 6.06. The van der Waals surface area contributed by atoms with Crippen LogP contribution in [-0.2, 0) is 19.1 Å². The van der Waals surface area contributed by atoms with Crippen molar-refractivity contribution in [2.75, 3.05) is 11.9 Å². The predicted octanol–water partition coefficient (Wildman–Crippen LogP) is 4.41. The first-order valence-electron chi connectivity index (χ1n) is 15.0. The molecule has 2 amide bonds. The molecule has 0 aromatic heterocycles. The minimum atomic E-state index is -1.06. The number of rotatable bonds is 17. The highest BCUT2D eigenvalue weighted by Gasteiger charge is 2.32. The Balaban J connectivity index is 3.12. The number of benzene rings is 1. The number of hydrogen-bond acceptors (Lipinski definition) is 8. The lowest BCUT2D eigenvalue weighted by Crippen LogP contribution is -2.54. The number of Topliss-reactive ketones (excluding diaryl/α,β-unsaturated/α-hetero) is 2. The van der Waals surface area contributed by atoms with Crippen molar-refractivity contribution in [2.45, 2.75) is 112 Å². The van der Waals surface area contributed by atoms with Gasteiger partial charge in [0.1, 0.15) is 11.6 Å². The van der Waals surface area contributed by atoms with Gasteiger partial charge >= 0.3 is 12.1 Å². The maximum absolute atomic E-state index is 13.7. The maximum atomic E-state index is 13.7. The highest BCUT2D eigenvalue weighted by atomic mass is 16.6. The number of aliphatic carboxylic acids is 1. The number of alkyl carbamates (subject to hydrolysis) is 1. The van der Waals surface area contributed by atoms with Crippen molar-refractivity contribution >= 4 is 35.2 Å². The number of carbonyl (C=O) groups is 5. The van der Waals surface area contributed by atoms with Crippen molar-refractivity contribution in [3.05, 3.63) is 29.8 Å². The van der Waals surface area contributed by atoms with Gasteiger partial charge in [-0.15, -0.1) is 0 Å². The zero-order chi connectivity index (χ0) is 33.1. The van der Waals surface area contributed by atoms with Gasteiger partial charge in [-0.2, -0.15) is 0 Å². The predicted molar refractivity (Wildman–Crippen MR) is 167 cm³/mol. The summed E-state index contributed by atoms with van der Waals surface area (Å²) in [6.45, 7) is 17.9. The first kappa shape index (κ1) is 37.6. The molecule has 4 atom stereocenters. The van der Waals surface area contributed by atoms with E-state index >= 15 is 0 Å². The molecule has 0 fully saturated rings. The fourth-order valence-electron chi connectivity index (χ4n) is 4.37. The van der Waals surface area contributed by atoms with Gasteiger partial charge in [0.25, 0.3) is 0 Å². The average Bonchev–Trinajstić information content (AvgIpc) is 2.87. The molecular formula is C32H52N4O7. The second kappa shape index (κ2) is 17.0. The summed E-state index contributed by atoms with van der Waals surface area (Å²) in [6, 6.07) is 3.19. The van der Waals surface area contributed by atoms with E-state index in [4.69, 9.17) is 4.74 Å². The first-order chi connectivity index (χ1) is 19.8. The van der Waals surface area contributed by atoms with E-state index in [-0.39, 0.29) is 41.4 Å². The number of ketones is 2. The number of carboxylic acids is 1. The third kappa shape index (κ3) is 13.6. The van der Waals surface area contributed by atoms with Crippen LogP contribution in [0.4, 0.5) is 10.5 Å². The molecule has 43 heavy (non-hydrogen) atoms. The lowest BCUT2D eigenvalue weighted by atomic mass is 9.93. The van der Waals surface area contributed by atoms with Crippen molar-refractivity contribution in [2.24, 2.45) is 17.8 Å². The van der Waals surface area contributed by atoms with Crippen molar-refractivity contribution in [1.82, 2.24) is 16.0 Å². The summed E-state index contributed by atoms with van der Waals surface area (Å²) >= 11 is 0. The zero-order valence-electron chi connectivity index (χ0n) is 27.4. The molecule has 5 N–H and O–H groups in total. The normalized spacial score (nSPS) is 14.5. The van der Waals surface area contributed by atoms with E-state index in [9.17, 15) is 29.1 Å². The Bertz CT molecular complexity index is 1110. The van der Waals surface area contributed by atoms with Crippen LogP contribution < -0.4 is 21.3 Å². The van der Waals surface area contributed by atoms with Gasteiger partial charge in [-0.1, -0.05) is 53.7 Å². The molecule has 1 aromatic rings. The topological polar surface area (TPSA) is 163 Å². The van der Waals surface area contributed by atoms with Crippen molar-refractivity contribution in [3.63, 3.8) is 0 Å². The summed E-state index contributed by atoms with van der Waals surface area (Å²) in [7, 11) is 0. The van der Waals surface area contributed by atoms with E-state index in [1.54, 1.807) is 45.0 Å². The molecule has 0 saturated carbocycles. The van der Waals surface area contributed by atoms with Gasteiger partial charge in [0.2, 0.25) is 5.91 Å². The number of carboxylic acid groups (broad SMARTS) is 1. The fourth-order valence-corrected chi connectivity index (χ4v) is 4.37. The Morgan fingerprint density at radius 3 is 1.91 bits per heavy atom. The molecule has 0 aliphatic rings. The molecular weight excluding hydrogens is 552 g/mol. The Morgan fingerprint density at radius 1 is 0.837 bits per heavy atom. The summed E-state index contributed by atoms with van der Waals surface area (Å²) in [5.41, 5.74) is -0.0923. The number of hydrogen-bond donors (Lipinski definition) is 5. The Morgan fingerprint density at radius 2 is 1.40 bits per heavy atom. The average molecular weight is 605 g/mol. The van der Waals surface area contributed by atoms with Crippen LogP contribution in [0.5, 0.6) is 0 Å². The number of carbonyl (C=O) groups excluding carboxylic acids is 4. The molecule has 0 aliphatic heterocycles. The Labute approximate surface area is 256 Å². The van der Waals surface area contributed by atoms with Crippen molar-refractivity contribution < 1.29 is 33.8 Å². The Hall–Kier alpha value is -3.47. The van der Waals surface area contributed by atoms with E-state index in [1.165, 1.54) is 6.92 Å². The van der Waals surface area contributed by atoms with Crippen molar-refractivity contribution in [3.8, 4) is 0 Å². The van der Waals surface area contributed by atoms with Crippen LogP contribution in [0.1, 0.15) is 92.4 Å². The minimum Gasteiger partial charge on any atom is -0.480 e. The lowest BCUT2D eigenvalue weighted by molar-refractivity contribution is -0.137. The minimum absolute atomic E-state index is 0.0975. The van der Waals surface area contributed by atoms with Crippen LogP contribution in [0.3, 0.4) is 0 Å². The quantitative estimate of drug-likeness (QED) is 0.162. The third-order valence-corrected chi connectivity index (χ3v) is 6.51. The molecule has 1 unspecified atom stereocenters.